The molecule has 0 fully saturated rings. The van der Waals surface area contributed by atoms with Gasteiger partial charge in [0.2, 0.25) is 0 Å². The fourth-order valence-corrected chi connectivity index (χ4v) is 1.45. The smallest absolute Gasteiger partial charge is 0.308 e. The second kappa shape index (κ2) is 4.33. The van der Waals surface area contributed by atoms with Crippen molar-refractivity contribution in [2.45, 2.75) is 13.3 Å². The summed E-state index contributed by atoms with van der Waals surface area (Å²) in [6, 6.07) is 3.52. The van der Waals surface area contributed by atoms with Crippen LogP contribution in [0.25, 0.3) is 0 Å². The van der Waals surface area contributed by atoms with Gasteiger partial charge in [0, 0.05) is 5.56 Å². The Kier molecular flexibility index (Phi) is 3.36. The van der Waals surface area contributed by atoms with Crippen molar-refractivity contribution in [3.63, 3.8) is 0 Å². The number of carboxylic acid groups (broad SMARTS) is 1. The first-order valence-electron chi connectivity index (χ1n) is 4.10. The number of carbonyl (C=O) groups is 1. The maximum Gasteiger partial charge on any atom is 0.308 e. The number of hydrogen-bond donors (Lipinski definition) is 1. The van der Waals surface area contributed by atoms with E-state index >= 15 is 0 Å². The molecule has 0 atom stereocenters. The molecule has 3 nitrogen and oxygen atoms in total. The summed E-state index contributed by atoms with van der Waals surface area (Å²) in [5, 5.41) is 9.15. The number of aliphatic carboxylic acids is 1. The van der Waals surface area contributed by atoms with E-state index in [4.69, 9.17) is 21.4 Å². The molecular formula is C10H11ClO3. The Morgan fingerprint density at radius 1 is 1.57 bits per heavy atom. The first-order valence-corrected chi connectivity index (χ1v) is 4.47. The Bertz CT molecular complexity index is 361. The summed E-state index contributed by atoms with van der Waals surface area (Å²) in [5.41, 5.74) is 1.38. The van der Waals surface area contributed by atoms with E-state index < -0.39 is 5.97 Å². The molecule has 4 heteroatoms. The third-order valence-electron chi connectivity index (χ3n) is 1.94. The third-order valence-corrected chi connectivity index (χ3v) is 2.47. The van der Waals surface area contributed by atoms with E-state index in [2.05, 4.69) is 0 Å². The summed E-state index contributed by atoms with van der Waals surface area (Å²) >= 11 is 5.98. The summed E-state index contributed by atoms with van der Waals surface area (Å²) < 4.78 is 5.03. The van der Waals surface area contributed by atoms with Gasteiger partial charge in [-0.15, -0.1) is 0 Å². The first kappa shape index (κ1) is 10.9. The minimum atomic E-state index is -0.921. The van der Waals surface area contributed by atoms with E-state index in [1.807, 2.05) is 6.92 Å². The van der Waals surface area contributed by atoms with Gasteiger partial charge in [0.15, 0.2) is 0 Å². The number of ether oxygens (including phenoxy) is 1. The Morgan fingerprint density at radius 2 is 2.21 bits per heavy atom. The van der Waals surface area contributed by atoms with Gasteiger partial charge in [0.1, 0.15) is 5.75 Å². The van der Waals surface area contributed by atoms with Crippen molar-refractivity contribution >= 4 is 17.6 Å². The summed E-state index contributed by atoms with van der Waals surface area (Å²) in [7, 11) is 1.49. The van der Waals surface area contributed by atoms with Crippen LogP contribution >= 0.6 is 11.6 Å². The van der Waals surface area contributed by atoms with Crippen LogP contribution in [0.15, 0.2) is 12.1 Å². The molecule has 0 amide bonds. The number of carboxylic acids is 1. The van der Waals surface area contributed by atoms with Crippen LogP contribution < -0.4 is 4.74 Å². The van der Waals surface area contributed by atoms with Gasteiger partial charge in [-0.05, 0) is 18.6 Å². The Morgan fingerprint density at radius 3 is 2.71 bits per heavy atom. The molecule has 0 aliphatic rings. The van der Waals surface area contributed by atoms with Crippen LogP contribution in [0.3, 0.4) is 0 Å². The molecule has 0 saturated carbocycles. The van der Waals surface area contributed by atoms with Crippen molar-refractivity contribution in [2.75, 3.05) is 7.11 Å². The fourth-order valence-electron chi connectivity index (χ4n) is 1.23. The zero-order valence-corrected chi connectivity index (χ0v) is 8.76. The van der Waals surface area contributed by atoms with Crippen molar-refractivity contribution in [2.24, 2.45) is 0 Å². The predicted molar refractivity (Wildman–Crippen MR) is 54.1 cm³/mol. The molecular weight excluding hydrogens is 204 g/mol. The van der Waals surface area contributed by atoms with Gasteiger partial charge in [0.25, 0.3) is 0 Å². The van der Waals surface area contributed by atoms with E-state index in [0.717, 1.165) is 5.56 Å². The van der Waals surface area contributed by atoms with E-state index in [1.54, 1.807) is 12.1 Å². The minimum Gasteiger partial charge on any atom is -0.496 e. The van der Waals surface area contributed by atoms with Crippen molar-refractivity contribution < 1.29 is 14.6 Å². The molecule has 0 unspecified atom stereocenters. The van der Waals surface area contributed by atoms with Gasteiger partial charge in [-0.3, -0.25) is 4.79 Å². The van der Waals surface area contributed by atoms with Gasteiger partial charge in [-0.1, -0.05) is 17.7 Å². The molecule has 76 valence electrons. The maximum atomic E-state index is 10.6. The number of aryl methyl sites for hydroxylation is 1. The number of benzene rings is 1. The van der Waals surface area contributed by atoms with Gasteiger partial charge < -0.3 is 9.84 Å². The van der Waals surface area contributed by atoms with Gasteiger partial charge in [-0.25, -0.2) is 0 Å². The average molecular weight is 215 g/mol. The van der Waals surface area contributed by atoms with Crippen LogP contribution in [0.2, 0.25) is 5.02 Å². The molecule has 0 saturated heterocycles. The van der Waals surface area contributed by atoms with E-state index in [9.17, 15) is 4.79 Å². The minimum absolute atomic E-state index is 0.121. The number of halogens is 1. The maximum absolute atomic E-state index is 10.6. The zero-order chi connectivity index (χ0) is 10.7. The van der Waals surface area contributed by atoms with Gasteiger partial charge in [-0.2, -0.15) is 0 Å². The van der Waals surface area contributed by atoms with Crippen molar-refractivity contribution in [3.05, 3.63) is 28.3 Å². The van der Waals surface area contributed by atoms with Crippen molar-refractivity contribution in [1.29, 1.82) is 0 Å². The molecule has 1 rings (SSSR count). The number of rotatable bonds is 3. The lowest BCUT2D eigenvalue weighted by atomic mass is 10.1. The van der Waals surface area contributed by atoms with Crippen molar-refractivity contribution in [1.82, 2.24) is 0 Å². The lowest BCUT2D eigenvalue weighted by Crippen LogP contribution is -2.03. The summed E-state index contributed by atoms with van der Waals surface area (Å²) in [6.07, 6.45) is -0.121. The Labute approximate surface area is 87.3 Å². The third kappa shape index (κ3) is 2.17. The average Bonchev–Trinajstić information content (AvgIpc) is 2.13. The standard InChI is InChI=1S/C10H11ClO3/c1-6-3-4-8(14-2)7(10(6)11)5-9(12)13/h3-4H,5H2,1-2H3,(H,12,13). The second-order valence-electron chi connectivity index (χ2n) is 2.95. The highest BCUT2D eigenvalue weighted by Gasteiger charge is 2.13. The molecule has 0 heterocycles. The normalized spacial score (nSPS) is 9.93. The molecule has 0 aliphatic heterocycles. The highest BCUT2D eigenvalue weighted by molar-refractivity contribution is 6.32. The fraction of sp³-hybridized carbons (Fsp3) is 0.300. The van der Waals surface area contributed by atoms with Gasteiger partial charge >= 0.3 is 5.97 Å². The van der Waals surface area contributed by atoms with E-state index in [-0.39, 0.29) is 6.42 Å². The van der Waals surface area contributed by atoms with Crippen LogP contribution in [-0.4, -0.2) is 18.2 Å². The van der Waals surface area contributed by atoms with Crippen LogP contribution in [0.1, 0.15) is 11.1 Å². The number of methoxy groups -OCH3 is 1. The Balaban J connectivity index is 3.20. The van der Waals surface area contributed by atoms with Crippen LogP contribution in [0.4, 0.5) is 0 Å². The lowest BCUT2D eigenvalue weighted by Gasteiger charge is -2.10. The monoisotopic (exact) mass is 214 g/mol. The first-order chi connectivity index (χ1) is 6.56. The topological polar surface area (TPSA) is 46.5 Å². The van der Waals surface area contributed by atoms with Crippen LogP contribution in [0.5, 0.6) is 5.75 Å². The van der Waals surface area contributed by atoms with Gasteiger partial charge in [0.05, 0.1) is 18.6 Å². The largest absolute Gasteiger partial charge is 0.496 e. The van der Waals surface area contributed by atoms with Crippen molar-refractivity contribution in [3.8, 4) is 5.75 Å². The molecule has 0 bridgehead atoms. The molecule has 0 radical (unpaired) electrons. The second-order valence-corrected chi connectivity index (χ2v) is 3.33. The SMILES string of the molecule is COc1ccc(C)c(Cl)c1CC(=O)O. The quantitative estimate of drug-likeness (QED) is 0.840. The molecule has 0 aliphatic carbocycles. The zero-order valence-electron chi connectivity index (χ0n) is 8.00. The molecule has 14 heavy (non-hydrogen) atoms. The van der Waals surface area contributed by atoms with Crippen LogP contribution in [0, 0.1) is 6.92 Å². The summed E-state index contributed by atoms with van der Waals surface area (Å²) in [4.78, 5) is 10.6. The molecule has 0 aromatic heterocycles. The highest BCUT2D eigenvalue weighted by Crippen LogP contribution is 2.29. The molecule has 1 aromatic carbocycles. The summed E-state index contributed by atoms with van der Waals surface area (Å²) in [6.45, 7) is 1.83. The van der Waals surface area contributed by atoms with Crippen LogP contribution in [-0.2, 0) is 11.2 Å². The van der Waals surface area contributed by atoms with E-state index in [1.165, 1.54) is 7.11 Å². The predicted octanol–water partition coefficient (Wildman–Crippen LogP) is 2.28. The van der Waals surface area contributed by atoms with E-state index in [0.29, 0.717) is 16.3 Å². The molecule has 1 aromatic rings. The summed E-state index contributed by atoms with van der Waals surface area (Å²) in [5.74, 6) is -0.404. The Hall–Kier alpha value is -1.22. The number of hydrogen-bond acceptors (Lipinski definition) is 2. The highest BCUT2D eigenvalue weighted by atomic mass is 35.5. The lowest BCUT2D eigenvalue weighted by molar-refractivity contribution is -0.136. The molecule has 0 spiro atoms. The molecule has 1 N–H and O–H groups in total.